The van der Waals surface area contributed by atoms with Crippen molar-refractivity contribution in [2.24, 2.45) is 11.8 Å². The largest absolute Gasteiger partial charge is 0.374 e. The van der Waals surface area contributed by atoms with Gasteiger partial charge in [0.25, 0.3) is 0 Å². The summed E-state index contributed by atoms with van der Waals surface area (Å²) in [5.41, 5.74) is 0.122. The van der Waals surface area contributed by atoms with E-state index < -0.39 is 0 Å². The number of nitrogens with one attached hydrogen (secondary N) is 1. The average Bonchev–Trinajstić information content (AvgIpc) is 3.23. The molecule has 0 aromatic carbocycles. The highest BCUT2D eigenvalue weighted by atomic mass is 16.5. The van der Waals surface area contributed by atoms with Gasteiger partial charge >= 0.3 is 0 Å². The highest BCUT2D eigenvalue weighted by Crippen LogP contribution is 2.41. The minimum absolute atomic E-state index is 0.122. The lowest BCUT2D eigenvalue weighted by molar-refractivity contribution is -0.102. The minimum atomic E-state index is 0.122. The van der Waals surface area contributed by atoms with E-state index in [1.54, 1.807) is 0 Å². The van der Waals surface area contributed by atoms with E-state index in [1.807, 2.05) is 0 Å². The first-order chi connectivity index (χ1) is 9.70. The molecule has 0 spiro atoms. The fourth-order valence-corrected chi connectivity index (χ4v) is 4.06. The van der Waals surface area contributed by atoms with Crippen LogP contribution in [0.4, 0.5) is 0 Å². The van der Waals surface area contributed by atoms with E-state index >= 15 is 0 Å². The van der Waals surface area contributed by atoms with E-state index in [0.717, 1.165) is 25.0 Å². The Hall–Kier alpha value is -0.0800. The standard InChI is InChI=1S/C18H35NO/c1-4-13-19-17(11-10-16-8-9-16)18(20-5-2)12-6-7-15(3)14-18/h15-17,19H,4-14H2,1-3H3. The van der Waals surface area contributed by atoms with Gasteiger partial charge in [-0.15, -0.1) is 0 Å². The van der Waals surface area contributed by atoms with Crippen LogP contribution in [0.15, 0.2) is 0 Å². The first kappa shape index (κ1) is 16.3. The van der Waals surface area contributed by atoms with Crippen LogP contribution in [0.5, 0.6) is 0 Å². The van der Waals surface area contributed by atoms with Crippen molar-refractivity contribution in [1.82, 2.24) is 5.32 Å². The number of ether oxygens (including phenoxy) is 1. The summed E-state index contributed by atoms with van der Waals surface area (Å²) in [6.07, 6.45) is 12.1. The van der Waals surface area contributed by atoms with E-state index in [0.29, 0.717) is 6.04 Å². The van der Waals surface area contributed by atoms with E-state index in [-0.39, 0.29) is 5.60 Å². The second kappa shape index (κ2) is 7.79. The van der Waals surface area contributed by atoms with Gasteiger partial charge < -0.3 is 10.1 Å². The number of rotatable bonds is 9. The maximum atomic E-state index is 6.39. The SMILES string of the molecule is CCCNC(CCC1CC1)C1(OCC)CCCC(C)C1. The second-order valence-electron chi connectivity index (χ2n) is 7.23. The molecule has 2 saturated carbocycles. The maximum absolute atomic E-state index is 6.39. The Morgan fingerprint density at radius 1 is 1.25 bits per heavy atom. The molecule has 0 aromatic heterocycles. The molecule has 2 aliphatic carbocycles. The fourth-order valence-electron chi connectivity index (χ4n) is 4.06. The Labute approximate surface area is 126 Å². The number of hydrogen-bond donors (Lipinski definition) is 1. The molecule has 3 atom stereocenters. The molecule has 0 bridgehead atoms. The summed E-state index contributed by atoms with van der Waals surface area (Å²) >= 11 is 0. The van der Waals surface area contributed by atoms with Gasteiger partial charge in [-0.25, -0.2) is 0 Å². The molecule has 0 aliphatic heterocycles. The zero-order valence-electron chi connectivity index (χ0n) is 13.9. The van der Waals surface area contributed by atoms with Crippen molar-refractivity contribution < 1.29 is 4.74 Å². The van der Waals surface area contributed by atoms with Crippen LogP contribution in [-0.2, 0) is 4.74 Å². The van der Waals surface area contributed by atoms with E-state index in [2.05, 4.69) is 26.1 Å². The van der Waals surface area contributed by atoms with Crippen molar-refractivity contribution in [3.8, 4) is 0 Å². The first-order valence-corrected chi connectivity index (χ1v) is 9.07. The first-order valence-electron chi connectivity index (χ1n) is 9.07. The third-order valence-corrected chi connectivity index (χ3v) is 5.26. The zero-order valence-corrected chi connectivity index (χ0v) is 13.9. The van der Waals surface area contributed by atoms with Gasteiger partial charge in [-0.1, -0.05) is 39.5 Å². The van der Waals surface area contributed by atoms with Crippen molar-refractivity contribution in [3.63, 3.8) is 0 Å². The molecule has 2 heteroatoms. The topological polar surface area (TPSA) is 21.3 Å². The van der Waals surface area contributed by atoms with Gasteiger partial charge in [-0.2, -0.15) is 0 Å². The monoisotopic (exact) mass is 281 g/mol. The van der Waals surface area contributed by atoms with Gasteiger partial charge in [-0.05, 0) is 57.4 Å². The molecule has 0 radical (unpaired) electrons. The van der Waals surface area contributed by atoms with Crippen molar-refractivity contribution in [2.45, 2.75) is 90.2 Å². The molecule has 0 heterocycles. The third kappa shape index (κ3) is 4.46. The molecule has 2 aliphatic rings. The highest BCUT2D eigenvalue weighted by molar-refractivity contribution is 4.97. The Balaban J connectivity index is 2.01. The molecule has 0 aromatic rings. The molecule has 0 saturated heterocycles. The lowest BCUT2D eigenvalue weighted by atomic mass is 9.73. The van der Waals surface area contributed by atoms with Crippen LogP contribution in [0.1, 0.15) is 78.6 Å². The molecule has 2 rings (SSSR count). The van der Waals surface area contributed by atoms with E-state index in [9.17, 15) is 0 Å². The fraction of sp³-hybridized carbons (Fsp3) is 1.00. The molecule has 0 amide bonds. The summed E-state index contributed by atoms with van der Waals surface area (Å²) in [5, 5.41) is 3.84. The lowest BCUT2D eigenvalue weighted by Gasteiger charge is -2.46. The van der Waals surface area contributed by atoms with Gasteiger partial charge in [0, 0.05) is 12.6 Å². The van der Waals surface area contributed by atoms with Crippen LogP contribution in [0, 0.1) is 11.8 Å². The summed E-state index contributed by atoms with van der Waals surface area (Å²) in [6.45, 7) is 8.84. The summed E-state index contributed by atoms with van der Waals surface area (Å²) < 4.78 is 6.39. The van der Waals surface area contributed by atoms with Gasteiger partial charge in [0.15, 0.2) is 0 Å². The molecule has 3 unspecified atom stereocenters. The van der Waals surface area contributed by atoms with E-state index in [4.69, 9.17) is 4.74 Å². The quantitative estimate of drug-likeness (QED) is 0.670. The van der Waals surface area contributed by atoms with Crippen LogP contribution in [0.3, 0.4) is 0 Å². The van der Waals surface area contributed by atoms with Crippen LogP contribution < -0.4 is 5.32 Å². The summed E-state index contributed by atoms with van der Waals surface area (Å²) in [5.74, 6) is 1.85. The smallest absolute Gasteiger partial charge is 0.0837 e. The molecular weight excluding hydrogens is 246 g/mol. The molecule has 2 nitrogen and oxygen atoms in total. The summed E-state index contributed by atoms with van der Waals surface area (Å²) in [6, 6.07) is 0.575. The molecule has 20 heavy (non-hydrogen) atoms. The van der Waals surface area contributed by atoms with Crippen LogP contribution in [0.2, 0.25) is 0 Å². The second-order valence-corrected chi connectivity index (χ2v) is 7.23. The predicted molar refractivity (Wildman–Crippen MR) is 86.0 cm³/mol. The highest BCUT2D eigenvalue weighted by Gasteiger charge is 2.42. The van der Waals surface area contributed by atoms with E-state index in [1.165, 1.54) is 57.8 Å². The number of hydrogen-bond acceptors (Lipinski definition) is 2. The summed E-state index contributed by atoms with van der Waals surface area (Å²) in [7, 11) is 0. The normalized spacial score (nSPS) is 32.2. The van der Waals surface area contributed by atoms with Crippen molar-refractivity contribution in [1.29, 1.82) is 0 Å². The predicted octanol–water partition coefficient (Wildman–Crippen LogP) is 4.53. The Morgan fingerprint density at radius 3 is 2.65 bits per heavy atom. The van der Waals surface area contributed by atoms with Crippen LogP contribution in [0.25, 0.3) is 0 Å². The van der Waals surface area contributed by atoms with Gasteiger partial charge in [0.05, 0.1) is 5.60 Å². The van der Waals surface area contributed by atoms with Crippen molar-refractivity contribution in [2.75, 3.05) is 13.2 Å². The van der Waals surface area contributed by atoms with Crippen molar-refractivity contribution >= 4 is 0 Å². The van der Waals surface area contributed by atoms with Gasteiger partial charge in [0.2, 0.25) is 0 Å². The zero-order chi connectivity index (χ0) is 14.4. The average molecular weight is 281 g/mol. The maximum Gasteiger partial charge on any atom is 0.0837 e. The molecule has 118 valence electrons. The molecule has 1 N–H and O–H groups in total. The lowest BCUT2D eigenvalue weighted by Crippen LogP contribution is -2.55. The third-order valence-electron chi connectivity index (χ3n) is 5.26. The van der Waals surface area contributed by atoms with Gasteiger partial charge in [0.1, 0.15) is 0 Å². The molecule has 2 fully saturated rings. The Kier molecular flexibility index (Phi) is 6.35. The van der Waals surface area contributed by atoms with Crippen molar-refractivity contribution in [3.05, 3.63) is 0 Å². The summed E-state index contributed by atoms with van der Waals surface area (Å²) in [4.78, 5) is 0. The van der Waals surface area contributed by atoms with Crippen LogP contribution >= 0.6 is 0 Å². The Morgan fingerprint density at radius 2 is 2.05 bits per heavy atom. The minimum Gasteiger partial charge on any atom is -0.374 e. The van der Waals surface area contributed by atoms with Crippen LogP contribution in [-0.4, -0.2) is 24.8 Å². The molecular formula is C18H35NO. The Bertz CT molecular complexity index is 273. The van der Waals surface area contributed by atoms with Gasteiger partial charge in [-0.3, -0.25) is 0 Å².